The molecule has 2 atom stereocenters. The average Bonchev–Trinajstić information content (AvgIpc) is 2.93. The Labute approximate surface area is 259 Å². The number of rotatable bonds is 11. The number of carbonyl (C=O) groups excluding carboxylic acids is 6. The average molecular weight is 651 g/mol. The first-order valence-corrected chi connectivity index (χ1v) is 15.0. The lowest BCUT2D eigenvalue weighted by Crippen LogP contribution is -2.60. The topological polar surface area (TPSA) is 134 Å². The van der Waals surface area contributed by atoms with Gasteiger partial charge in [-0.2, -0.15) is 0 Å². The van der Waals surface area contributed by atoms with Gasteiger partial charge in [0.1, 0.15) is 11.6 Å². The van der Waals surface area contributed by atoms with E-state index in [2.05, 4.69) is 0 Å². The largest absolute Gasteiger partial charge is 0.431 e. The van der Waals surface area contributed by atoms with Crippen molar-refractivity contribution in [2.75, 3.05) is 39.3 Å². The van der Waals surface area contributed by atoms with Gasteiger partial charge in [0.2, 0.25) is 34.7 Å². The van der Waals surface area contributed by atoms with E-state index in [1.165, 1.54) is 48.5 Å². The third kappa shape index (κ3) is 8.84. The SMILES string of the molecule is CC(=O)OC(Sc1ccc(F)cc1)N1C(=O)CN(CCN2CC(=O)N(C(OC(C)=O)Sc3ccc(F)cc3)C(=O)C2)CC1=O. The first kappa shape index (κ1) is 33.0. The van der Waals surface area contributed by atoms with E-state index in [1.54, 1.807) is 9.80 Å². The maximum Gasteiger partial charge on any atom is 0.305 e. The van der Waals surface area contributed by atoms with Gasteiger partial charge in [-0.05, 0) is 48.5 Å². The summed E-state index contributed by atoms with van der Waals surface area (Å²) in [5.41, 5.74) is -2.58. The molecule has 0 saturated carbocycles. The highest BCUT2D eigenvalue weighted by Crippen LogP contribution is 2.30. The molecule has 44 heavy (non-hydrogen) atoms. The number of thioether (sulfide) groups is 2. The number of hydrogen-bond acceptors (Lipinski definition) is 12. The molecule has 4 amide bonds. The standard InChI is InChI=1S/C28H28F2N4O8S2/c1-17(35)41-27(43-21-7-3-19(29)4-8-21)33-23(37)13-31(14-24(33)38)11-12-32-15-25(39)34(26(40)16-32)28(42-18(2)36)44-22-9-5-20(30)6-10-22/h3-10,27-28H,11-16H2,1-2H3. The molecule has 2 unspecified atom stereocenters. The van der Waals surface area contributed by atoms with Crippen LogP contribution in [0.3, 0.4) is 0 Å². The number of amides is 4. The Bertz CT molecular complexity index is 1290. The fraction of sp³-hybridized carbons (Fsp3) is 0.357. The molecule has 2 saturated heterocycles. The van der Waals surface area contributed by atoms with Crippen molar-refractivity contribution < 1.29 is 47.0 Å². The van der Waals surface area contributed by atoms with Crippen LogP contribution in [-0.4, -0.2) is 106 Å². The van der Waals surface area contributed by atoms with Gasteiger partial charge in [0.05, 0.1) is 26.2 Å². The Hall–Kier alpha value is -3.86. The Morgan fingerprint density at radius 3 is 1.20 bits per heavy atom. The highest BCUT2D eigenvalue weighted by Gasteiger charge is 2.40. The van der Waals surface area contributed by atoms with Crippen molar-refractivity contribution in [1.29, 1.82) is 0 Å². The Kier molecular flexibility index (Phi) is 11.1. The van der Waals surface area contributed by atoms with Crippen molar-refractivity contribution in [3.8, 4) is 0 Å². The number of ether oxygens (including phenoxy) is 2. The predicted molar refractivity (Wildman–Crippen MR) is 152 cm³/mol. The van der Waals surface area contributed by atoms with Crippen molar-refractivity contribution >= 4 is 59.1 Å². The normalized spacial score (nSPS) is 17.9. The number of benzene rings is 2. The first-order valence-electron chi connectivity index (χ1n) is 13.2. The number of hydrogen-bond donors (Lipinski definition) is 0. The summed E-state index contributed by atoms with van der Waals surface area (Å²) in [6.45, 7) is 1.82. The molecule has 0 radical (unpaired) electrons. The smallest absolute Gasteiger partial charge is 0.305 e. The van der Waals surface area contributed by atoms with Crippen LogP contribution in [0.2, 0.25) is 0 Å². The van der Waals surface area contributed by atoms with Gasteiger partial charge in [0.25, 0.3) is 0 Å². The maximum absolute atomic E-state index is 13.3. The monoisotopic (exact) mass is 650 g/mol. The van der Waals surface area contributed by atoms with Gasteiger partial charge >= 0.3 is 11.9 Å². The lowest BCUT2D eigenvalue weighted by atomic mass is 10.2. The Morgan fingerprint density at radius 2 is 0.932 bits per heavy atom. The Balaban J connectivity index is 1.34. The van der Waals surface area contributed by atoms with Crippen LogP contribution < -0.4 is 0 Å². The Morgan fingerprint density at radius 1 is 0.636 bits per heavy atom. The van der Waals surface area contributed by atoms with Gasteiger partial charge in [0, 0.05) is 36.7 Å². The summed E-state index contributed by atoms with van der Waals surface area (Å²) >= 11 is 1.81. The summed E-state index contributed by atoms with van der Waals surface area (Å²) < 4.78 is 37.1. The molecule has 0 spiro atoms. The van der Waals surface area contributed by atoms with Crippen LogP contribution >= 0.6 is 23.5 Å². The minimum Gasteiger partial charge on any atom is -0.431 e. The molecule has 2 aliphatic rings. The van der Waals surface area contributed by atoms with Gasteiger partial charge < -0.3 is 9.47 Å². The van der Waals surface area contributed by atoms with E-state index < -0.39 is 58.3 Å². The maximum atomic E-state index is 13.3. The van der Waals surface area contributed by atoms with Crippen LogP contribution in [0.5, 0.6) is 0 Å². The highest BCUT2D eigenvalue weighted by atomic mass is 32.2. The zero-order chi connectivity index (χ0) is 32.0. The molecule has 0 aliphatic carbocycles. The molecule has 234 valence electrons. The summed E-state index contributed by atoms with van der Waals surface area (Å²) in [6, 6.07) is 10.5. The van der Waals surface area contributed by atoms with E-state index in [4.69, 9.17) is 9.47 Å². The zero-order valence-electron chi connectivity index (χ0n) is 23.6. The van der Waals surface area contributed by atoms with Crippen LogP contribution in [0, 0.1) is 11.6 Å². The van der Waals surface area contributed by atoms with Gasteiger partial charge in [0.15, 0.2) is 0 Å². The second-order valence-corrected chi connectivity index (χ2v) is 11.9. The van der Waals surface area contributed by atoms with Gasteiger partial charge in [-0.3, -0.25) is 38.6 Å². The van der Waals surface area contributed by atoms with Crippen LogP contribution in [0.25, 0.3) is 0 Å². The minimum absolute atomic E-state index is 0.160. The van der Waals surface area contributed by atoms with Crippen molar-refractivity contribution in [3.05, 3.63) is 60.2 Å². The molecule has 2 fully saturated rings. The summed E-state index contributed by atoms with van der Waals surface area (Å²) in [5, 5.41) is 0. The molecule has 2 aromatic rings. The summed E-state index contributed by atoms with van der Waals surface area (Å²) in [6.07, 6.45) is 0. The lowest BCUT2D eigenvalue weighted by molar-refractivity contribution is -0.169. The molecule has 0 bridgehead atoms. The van der Waals surface area contributed by atoms with E-state index in [0.29, 0.717) is 9.79 Å². The van der Waals surface area contributed by atoms with E-state index in [9.17, 15) is 37.5 Å². The molecular formula is C28H28F2N4O8S2. The van der Waals surface area contributed by atoms with Crippen molar-refractivity contribution in [3.63, 3.8) is 0 Å². The molecular weight excluding hydrogens is 622 g/mol. The van der Waals surface area contributed by atoms with Crippen LogP contribution in [-0.2, 0) is 38.2 Å². The van der Waals surface area contributed by atoms with Crippen LogP contribution in [0.4, 0.5) is 8.78 Å². The fourth-order valence-electron chi connectivity index (χ4n) is 4.33. The van der Waals surface area contributed by atoms with Crippen LogP contribution in [0.15, 0.2) is 58.3 Å². The second-order valence-electron chi connectivity index (χ2n) is 9.71. The molecule has 0 N–H and O–H groups in total. The van der Waals surface area contributed by atoms with Crippen LogP contribution in [0.1, 0.15) is 13.8 Å². The molecule has 2 aliphatic heterocycles. The minimum atomic E-state index is -1.29. The fourth-order valence-corrected chi connectivity index (χ4v) is 6.43. The summed E-state index contributed by atoms with van der Waals surface area (Å²) in [5.74, 6) is -4.88. The second kappa shape index (κ2) is 14.7. The highest BCUT2D eigenvalue weighted by molar-refractivity contribution is 8.00. The number of esters is 2. The van der Waals surface area contributed by atoms with E-state index >= 15 is 0 Å². The van der Waals surface area contributed by atoms with Gasteiger partial charge in [-0.1, -0.05) is 23.5 Å². The molecule has 4 rings (SSSR count). The van der Waals surface area contributed by atoms with Gasteiger partial charge in [-0.25, -0.2) is 18.6 Å². The van der Waals surface area contributed by atoms with Crippen molar-refractivity contribution in [2.24, 2.45) is 0 Å². The van der Waals surface area contributed by atoms with Gasteiger partial charge in [-0.15, -0.1) is 0 Å². The quantitative estimate of drug-likeness (QED) is 0.152. The van der Waals surface area contributed by atoms with E-state index in [1.807, 2.05) is 0 Å². The number of nitrogens with zero attached hydrogens (tertiary/aromatic N) is 4. The third-order valence-electron chi connectivity index (χ3n) is 6.30. The van der Waals surface area contributed by atoms with Crippen molar-refractivity contribution in [2.45, 2.75) is 34.8 Å². The molecule has 12 nitrogen and oxygen atoms in total. The van der Waals surface area contributed by atoms with E-state index in [0.717, 1.165) is 47.2 Å². The predicted octanol–water partition coefficient (Wildman–Crippen LogP) is 1.88. The summed E-state index contributed by atoms with van der Waals surface area (Å²) in [7, 11) is 0. The molecule has 2 heterocycles. The summed E-state index contributed by atoms with van der Waals surface area (Å²) in [4.78, 5) is 81.2. The lowest BCUT2D eigenvalue weighted by Gasteiger charge is -2.38. The number of halogens is 2. The molecule has 16 heteroatoms. The molecule has 0 aromatic heterocycles. The number of imide groups is 2. The zero-order valence-corrected chi connectivity index (χ0v) is 25.3. The first-order chi connectivity index (χ1) is 20.9. The third-order valence-corrected chi connectivity index (χ3v) is 8.40. The molecule has 2 aromatic carbocycles. The number of piperazine rings is 2. The number of carbonyl (C=O) groups is 6. The van der Waals surface area contributed by atoms with Crippen molar-refractivity contribution in [1.82, 2.24) is 19.6 Å². The van der Waals surface area contributed by atoms with E-state index in [-0.39, 0.29) is 39.3 Å².